The molecule has 0 radical (unpaired) electrons. The monoisotopic (exact) mass is 292 g/mol. The van der Waals surface area contributed by atoms with Gasteiger partial charge in [0, 0.05) is 13.6 Å². The Kier molecular flexibility index (Phi) is 4.56. The van der Waals surface area contributed by atoms with E-state index in [1.165, 1.54) is 17.3 Å². The van der Waals surface area contributed by atoms with E-state index in [9.17, 15) is 4.79 Å². The van der Waals surface area contributed by atoms with E-state index < -0.39 is 0 Å². The molecule has 1 amide bonds. The lowest BCUT2D eigenvalue weighted by atomic mass is 10.5. The van der Waals surface area contributed by atoms with Crippen molar-refractivity contribution in [3.63, 3.8) is 0 Å². The number of aromatic nitrogens is 6. The molecule has 0 atom stereocenters. The fourth-order valence-corrected chi connectivity index (χ4v) is 1.54. The average molecular weight is 292 g/mol. The Morgan fingerprint density at radius 3 is 2.86 bits per heavy atom. The average Bonchev–Trinajstić information content (AvgIpc) is 3.01. The van der Waals surface area contributed by atoms with Gasteiger partial charge >= 0.3 is 0 Å². The minimum Gasteiger partial charge on any atom is -0.355 e. The van der Waals surface area contributed by atoms with Gasteiger partial charge in [-0.3, -0.25) is 10.2 Å². The van der Waals surface area contributed by atoms with E-state index in [0.29, 0.717) is 6.54 Å². The second-order valence-electron chi connectivity index (χ2n) is 4.05. The number of nitrogens with one attached hydrogen (secondary N) is 2. The minimum absolute atomic E-state index is 0.110. The summed E-state index contributed by atoms with van der Waals surface area (Å²) in [7, 11) is 1.69. The van der Waals surface area contributed by atoms with Gasteiger partial charge in [-0.1, -0.05) is 0 Å². The summed E-state index contributed by atoms with van der Waals surface area (Å²) in [5.41, 5.74) is 2.35. The number of anilines is 2. The first-order chi connectivity index (χ1) is 10.1. The number of rotatable bonds is 6. The van der Waals surface area contributed by atoms with Crippen LogP contribution in [0, 0.1) is 0 Å². The van der Waals surface area contributed by atoms with Crippen LogP contribution in [0.1, 0.15) is 6.92 Å². The quantitative estimate of drug-likeness (QED) is 0.420. The highest BCUT2D eigenvalue weighted by atomic mass is 16.2. The van der Waals surface area contributed by atoms with Crippen LogP contribution in [0.2, 0.25) is 0 Å². The van der Waals surface area contributed by atoms with Gasteiger partial charge in [-0.15, -0.1) is 0 Å². The van der Waals surface area contributed by atoms with Crippen LogP contribution in [0.25, 0.3) is 5.95 Å². The molecule has 0 aliphatic rings. The van der Waals surface area contributed by atoms with Crippen molar-refractivity contribution in [2.75, 3.05) is 30.5 Å². The van der Waals surface area contributed by atoms with E-state index in [1.807, 2.05) is 6.92 Å². The molecule has 0 spiro atoms. The van der Waals surface area contributed by atoms with Crippen LogP contribution in [-0.4, -0.2) is 55.8 Å². The first-order valence-electron chi connectivity index (χ1n) is 6.19. The summed E-state index contributed by atoms with van der Waals surface area (Å²) in [4.78, 5) is 29.4. The molecule has 11 nitrogen and oxygen atoms in total. The predicted octanol–water partition coefficient (Wildman–Crippen LogP) is -1.69. The third-order valence-electron chi connectivity index (χ3n) is 2.46. The molecule has 0 unspecified atom stereocenters. The zero-order chi connectivity index (χ0) is 15.2. The maximum absolute atomic E-state index is 11.6. The van der Waals surface area contributed by atoms with Crippen molar-refractivity contribution in [3.05, 3.63) is 12.7 Å². The Morgan fingerprint density at radius 1 is 1.43 bits per heavy atom. The van der Waals surface area contributed by atoms with Crippen molar-refractivity contribution in [1.29, 1.82) is 0 Å². The van der Waals surface area contributed by atoms with Gasteiger partial charge in [-0.2, -0.15) is 24.7 Å². The van der Waals surface area contributed by atoms with E-state index in [1.54, 1.807) is 11.9 Å². The third-order valence-corrected chi connectivity index (χ3v) is 2.46. The van der Waals surface area contributed by atoms with Crippen LogP contribution in [-0.2, 0) is 4.79 Å². The third kappa shape index (κ3) is 3.60. The van der Waals surface area contributed by atoms with Crippen LogP contribution in [0.4, 0.5) is 11.9 Å². The van der Waals surface area contributed by atoms with Gasteiger partial charge in [0.1, 0.15) is 12.7 Å². The lowest BCUT2D eigenvalue weighted by Gasteiger charge is -2.17. The Hall–Kier alpha value is -2.82. The molecule has 2 aromatic rings. The Labute approximate surface area is 120 Å². The highest BCUT2D eigenvalue weighted by molar-refractivity contribution is 5.80. The van der Waals surface area contributed by atoms with Gasteiger partial charge < -0.3 is 10.2 Å². The molecule has 0 aromatic carbocycles. The van der Waals surface area contributed by atoms with E-state index in [-0.39, 0.29) is 30.3 Å². The summed E-state index contributed by atoms with van der Waals surface area (Å²) in [5.74, 6) is 5.90. The smallest absolute Gasteiger partial charge is 0.258 e. The number of nitrogens with zero attached hydrogens (tertiary/aromatic N) is 7. The fourth-order valence-electron chi connectivity index (χ4n) is 1.54. The molecule has 2 rings (SSSR count). The first kappa shape index (κ1) is 14.6. The molecule has 0 fully saturated rings. The highest BCUT2D eigenvalue weighted by Crippen LogP contribution is 2.10. The molecular formula is C10H16N10O. The number of hydrogen-bond donors (Lipinski definition) is 3. The van der Waals surface area contributed by atoms with Crippen LogP contribution in [0.5, 0.6) is 0 Å². The normalized spacial score (nSPS) is 10.2. The molecular weight excluding hydrogens is 276 g/mol. The number of hydrazine groups is 1. The number of amides is 1. The lowest BCUT2D eigenvalue weighted by molar-refractivity contribution is -0.119. The minimum atomic E-state index is -0.134. The van der Waals surface area contributed by atoms with Crippen molar-refractivity contribution < 1.29 is 4.79 Å². The Morgan fingerprint density at radius 2 is 2.24 bits per heavy atom. The molecule has 2 heterocycles. The number of nitrogen functional groups attached to an aromatic ring is 1. The second-order valence-corrected chi connectivity index (χ2v) is 4.05. The predicted molar refractivity (Wildman–Crippen MR) is 74.5 cm³/mol. The molecule has 21 heavy (non-hydrogen) atoms. The van der Waals surface area contributed by atoms with Crippen LogP contribution in [0.3, 0.4) is 0 Å². The van der Waals surface area contributed by atoms with Crippen molar-refractivity contribution in [2.24, 2.45) is 5.84 Å². The van der Waals surface area contributed by atoms with E-state index in [4.69, 9.17) is 5.84 Å². The Balaban J connectivity index is 2.26. The maximum atomic E-state index is 11.6. The SMILES string of the molecule is CCNC(=O)CN(C)c1nc(NN)nc(-n2cncn2)n1. The molecule has 0 saturated carbocycles. The molecule has 0 saturated heterocycles. The zero-order valence-electron chi connectivity index (χ0n) is 11.7. The summed E-state index contributed by atoms with van der Waals surface area (Å²) in [6, 6.07) is 0. The van der Waals surface area contributed by atoms with Crippen LogP contribution < -0.4 is 21.5 Å². The largest absolute Gasteiger partial charge is 0.355 e. The molecule has 112 valence electrons. The number of hydrogen-bond acceptors (Lipinski definition) is 9. The standard InChI is InChI=1S/C10H16N10O/c1-3-13-7(21)4-19(2)9-15-8(18-11)16-10(17-9)20-6-12-5-14-20/h5-6H,3-4,11H2,1-2H3,(H,13,21)(H,15,16,17,18). The summed E-state index contributed by atoms with van der Waals surface area (Å²) < 4.78 is 1.37. The summed E-state index contributed by atoms with van der Waals surface area (Å²) in [6.45, 7) is 2.52. The highest BCUT2D eigenvalue weighted by Gasteiger charge is 2.14. The fraction of sp³-hybridized carbons (Fsp3) is 0.400. The molecule has 0 aliphatic heterocycles. The van der Waals surface area contributed by atoms with Gasteiger partial charge in [0.05, 0.1) is 6.54 Å². The summed E-state index contributed by atoms with van der Waals surface area (Å²) >= 11 is 0. The van der Waals surface area contributed by atoms with E-state index >= 15 is 0 Å². The van der Waals surface area contributed by atoms with Gasteiger partial charge in [0.25, 0.3) is 5.95 Å². The van der Waals surface area contributed by atoms with E-state index in [0.717, 1.165) is 0 Å². The molecule has 11 heteroatoms. The lowest BCUT2D eigenvalue weighted by Crippen LogP contribution is -2.36. The van der Waals surface area contributed by atoms with Crippen molar-refractivity contribution in [1.82, 2.24) is 35.0 Å². The first-order valence-corrected chi connectivity index (χ1v) is 6.19. The number of likely N-dealkylation sites (N-methyl/N-ethyl adjacent to an activating group) is 2. The van der Waals surface area contributed by atoms with Gasteiger partial charge in [-0.05, 0) is 6.92 Å². The number of nitrogens with two attached hydrogens (primary N) is 1. The zero-order valence-corrected chi connectivity index (χ0v) is 11.7. The maximum Gasteiger partial charge on any atom is 0.258 e. The van der Waals surface area contributed by atoms with Crippen LogP contribution in [0.15, 0.2) is 12.7 Å². The molecule has 2 aromatic heterocycles. The van der Waals surface area contributed by atoms with E-state index in [2.05, 4.69) is 35.8 Å². The Bertz CT molecular complexity index is 598. The summed E-state index contributed by atoms with van der Waals surface area (Å²) in [6.07, 6.45) is 2.81. The van der Waals surface area contributed by atoms with Crippen molar-refractivity contribution >= 4 is 17.8 Å². The van der Waals surface area contributed by atoms with Crippen LogP contribution >= 0.6 is 0 Å². The van der Waals surface area contributed by atoms with Gasteiger partial charge in [-0.25, -0.2) is 10.8 Å². The topological polar surface area (TPSA) is 140 Å². The molecule has 4 N–H and O–H groups in total. The van der Waals surface area contributed by atoms with Gasteiger partial charge in [0.2, 0.25) is 17.8 Å². The molecule has 0 aliphatic carbocycles. The number of carbonyl (C=O) groups excluding carboxylic acids is 1. The number of carbonyl (C=O) groups is 1. The van der Waals surface area contributed by atoms with Crippen molar-refractivity contribution in [2.45, 2.75) is 6.92 Å². The van der Waals surface area contributed by atoms with Gasteiger partial charge in [0.15, 0.2) is 0 Å². The summed E-state index contributed by atoms with van der Waals surface area (Å²) in [5, 5.41) is 6.64. The molecule has 0 bridgehead atoms. The van der Waals surface area contributed by atoms with Crippen molar-refractivity contribution in [3.8, 4) is 5.95 Å². The second kappa shape index (κ2) is 6.56.